The molecule has 0 aliphatic rings. The van der Waals surface area contributed by atoms with Gasteiger partial charge in [-0.25, -0.2) is 8.78 Å². The van der Waals surface area contributed by atoms with E-state index in [-0.39, 0.29) is 12.1 Å². The zero-order valence-electron chi connectivity index (χ0n) is 11.1. The van der Waals surface area contributed by atoms with Crippen molar-refractivity contribution in [3.8, 4) is 0 Å². The molecule has 108 valence electrons. The molecule has 0 radical (unpaired) electrons. The molecule has 0 aliphatic heterocycles. The Morgan fingerprint density at radius 2 is 1.89 bits per heavy atom. The van der Waals surface area contributed by atoms with Gasteiger partial charge in [-0.2, -0.15) is 11.8 Å². The van der Waals surface area contributed by atoms with Crippen LogP contribution in [0.25, 0.3) is 0 Å². The van der Waals surface area contributed by atoms with E-state index in [4.69, 9.17) is 0 Å². The highest BCUT2D eigenvalue weighted by atomic mass is 79.9. The van der Waals surface area contributed by atoms with E-state index in [9.17, 15) is 8.78 Å². The van der Waals surface area contributed by atoms with Crippen LogP contribution in [0.4, 0.5) is 8.78 Å². The number of unbranched alkanes of at least 4 members (excludes halogenated alkanes) is 3. The molecule has 0 amide bonds. The van der Waals surface area contributed by atoms with Crippen molar-refractivity contribution in [3.05, 3.63) is 33.8 Å². The summed E-state index contributed by atoms with van der Waals surface area (Å²) >= 11 is 4.94. The fraction of sp³-hybridized carbons (Fsp3) is 0.571. The molecule has 5 heteroatoms. The van der Waals surface area contributed by atoms with Gasteiger partial charge in [0.05, 0.1) is 4.47 Å². The fourth-order valence-corrected chi connectivity index (χ4v) is 2.66. The van der Waals surface area contributed by atoms with Crippen molar-refractivity contribution >= 4 is 27.7 Å². The summed E-state index contributed by atoms with van der Waals surface area (Å²) in [5.41, 5.74) is 0.108. The number of benzene rings is 1. The highest BCUT2D eigenvalue weighted by molar-refractivity contribution is 9.10. The molecule has 0 aromatic heterocycles. The standard InChI is InChI=1S/C14H20BrF2NS/c1-19-9-5-3-2-4-8-18-10-11-13(16)7-6-12(15)14(11)17/h6-7,18H,2-5,8-10H2,1H3. The summed E-state index contributed by atoms with van der Waals surface area (Å²) < 4.78 is 27.4. The molecule has 0 heterocycles. The lowest BCUT2D eigenvalue weighted by molar-refractivity contribution is 0.524. The number of thioether (sulfide) groups is 1. The van der Waals surface area contributed by atoms with E-state index in [2.05, 4.69) is 27.5 Å². The maximum atomic E-state index is 13.6. The zero-order chi connectivity index (χ0) is 14.1. The van der Waals surface area contributed by atoms with Gasteiger partial charge in [0.25, 0.3) is 0 Å². The maximum Gasteiger partial charge on any atom is 0.144 e. The van der Waals surface area contributed by atoms with Crippen LogP contribution in [0.15, 0.2) is 16.6 Å². The Morgan fingerprint density at radius 3 is 2.63 bits per heavy atom. The van der Waals surface area contributed by atoms with Crippen molar-refractivity contribution in [3.63, 3.8) is 0 Å². The number of rotatable bonds is 9. The number of hydrogen-bond donors (Lipinski definition) is 1. The number of halogens is 3. The molecular weight excluding hydrogens is 332 g/mol. The van der Waals surface area contributed by atoms with Crippen molar-refractivity contribution in [2.24, 2.45) is 0 Å². The predicted octanol–water partition coefficient (Wildman–Crippen LogP) is 4.74. The van der Waals surface area contributed by atoms with Crippen LogP contribution in [-0.2, 0) is 6.54 Å². The van der Waals surface area contributed by atoms with Crippen LogP contribution in [0.5, 0.6) is 0 Å². The van der Waals surface area contributed by atoms with Gasteiger partial charge >= 0.3 is 0 Å². The third-order valence-corrected chi connectivity index (χ3v) is 4.20. The first-order chi connectivity index (χ1) is 9.16. The minimum absolute atomic E-state index is 0.108. The normalized spacial score (nSPS) is 10.9. The van der Waals surface area contributed by atoms with Gasteiger partial charge in [-0.15, -0.1) is 0 Å². The van der Waals surface area contributed by atoms with E-state index in [0.717, 1.165) is 19.4 Å². The summed E-state index contributed by atoms with van der Waals surface area (Å²) in [6, 6.07) is 2.67. The molecule has 1 rings (SSSR count). The lowest BCUT2D eigenvalue weighted by Crippen LogP contribution is -2.17. The number of hydrogen-bond acceptors (Lipinski definition) is 2. The zero-order valence-corrected chi connectivity index (χ0v) is 13.5. The summed E-state index contributed by atoms with van der Waals surface area (Å²) in [6.07, 6.45) is 6.80. The summed E-state index contributed by atoms with van der Waals surface area (Å²) in [5.74, 6) is 0.211. The van der Waals surface area contributed by atoms with Gasteiger partial charge in [0.2, 0.25) is 0 Å². The van der Waals surface area contributed by atoms with Crippen molar-refractivity contribution < 1.29 is 8.78 Å². The Morgan fingerprint density at radius 1 is 1.16 bits per heavy atom. The van der Waals surface area contributed by atoms with Gasteiger partial charge in [0, 0.05) is 12.1 Å². The summed E-state index contributed by atoms with van der Waals surface area (Å²) in [5, 5.41) is 3.10. The summed E-state index contributed by atoms with van der Waals surface area (Å²) in [6.45, 7) is 1.03. The molecule has 1 nitrogen and oxygen atoms in total. The van der Waals surface area contributed by atoms with Crippen LogP contribution in [0.1, 0.15) is 31.2 Å². The van der Waals surface area contributed by atoms with Crippen molar-refractivity contribution in [1.82, 2.24) is 5.32 Å². The highest BCUT2D eigenvalue weighted by Crippen LogP contribution is 2.21. The Balaban J connectivity index is 2.21. The van der Waals surface area contributed by atoms with E-state index < -0.39 is 11.6 Å². The van der Waals surface area contributed by atoms with Crippen molar-refractivity contribution in [2.75, 3.05) is 18.6 Å². The van der Waals surface area contributed by atoms with E-state index >= 15 is 0 Å². The SMILES string of the molecule is CSCCCCCCNCc1c(F)ccc(Br)c1F. The smallest absolute Gasteiger partial charge is 0.144 e. The first-order valence-corrected chi connectivity index (χ1v) is 8.67. The van der Waals surface area contributed by atoms with Gasteiger partial charge in [-0.05, 0) is 59.5 Å². The van der Waals surface area contributed by atoms with Crippen molar-refractivity contribution in [2.45, 2.75) is 32.2 Å². The molecule has 0 atom stereocenters. The van der Waals surface area contributed by atoms with Crippen LogP contribution < -0.4 is 5.32 Å². The molecule has 1 aromatic rings. The molecule has 1 aromatic carbocycles. The van der Waals surface area contributed by atoms with E-state index in [1.165, 1.54) is 30.7 Å². The predicted molar refractivity (Wildman–Crippen MR) is 82.6 cm³/mol. The molecule has 0 saturated heterocycles. The van der Waals surface area contributed by atoms with Gasteiger partial charge in [0.1, 0.15) is 11.6 Å². The van der Waals surface area contributed by atoms with Crippen LogP contribution in [0, 0.1) is 11.6 Å². The lowest BCUT2D eigenvalue weighted by atomic mass is 10.2. The first-order valence-electron chi connectivity index (χ1n) is 6.49. The summed E-state index contributed by atoms with van der Waals surface area (Å²) in [4.78, 5) is 0. The minimum atomic E-state index is -0.507. The van der Waals surface area contributed by atoms with Gasteiger partial charge in [0.15, 0.2) is 0 Å². The largest absolute Gasteiger partial charge is 0.312 e. The molecule has 19 heavy (non-hydrogen) atoms. The monoisotopic (exact) mass is 351 g/mol. The first kappa shape index (κ1) is 16.9. The third-order valence-electron chi connectivity index (χ3n) is 2.89. The molecule has 0 unspecified atom stereocenters. The highest BCUT2D eigenvalue weighted by Gasteiger charge is 2.11. The molecule has 1 N–H and O–H groups in total. The summed E-state index contributed by atoms with van der Waals surface area (Å²) in [7, 11) is 0. The topological polar surface area (TPSA) is 12.0 Å². The average molecular weight is 352 g/mol. The van der Waals surface area contributed by atoms with Crippen LogP contribution in [0.2, 0.25) is 0 Å². The molecule has 0 spiro atoms. The quantitative estimate of drug-likeness (QED) is 0.509. The second kappa shape index (κ2) is 9.72. The molecular formula is C14H20BrF2NS. The van der Waals surface area contributed by atoms with Crippen LogP contribution >= 0.6 is 27.7 Å². The van der Waals surface area contributed by atoms with E-state index in [0.29, 0.717) is 4.47 Å². The van der Waals surface area contributed by atoms with Gasteiger partial charge in [-0.1, -0.05) is 12.8 Å². The minimum Gasteiger partial charge on any atom is -0.312 e. The maximum absolute atomic E-state index is 13.6. The fourth-order valence-electron chi connectivity index (χ4n) is 1.79. The molecule has 0 aliphatic carbocycles. The Kier molecular flexibility index (Phi) is 8.66. The number of nitrogens with one attached hydrogen (secondary N) is 1. The molecule has 0 bridgehead atoms. The molecule has 0 fully saturated rings. The second-order valence-corrected chi connectivity index (χ2v) is 6.25. The lowest BCUT2D eigenvalue weighted by Gasteiger charge is -2.08. The van der Waals surface area contributed by atoms with Crippen LogP contribution in [0.3, 0.4) is 0 Å². The van der Waals surface area contributed by atoms with Gasteiger partial charge in [-0.3, -0.25) is 0 Å². The molecule has 0 saturated carbocycles. The second-order valence-electron chi connectivity index (χ2n) is 4.41. The van der Waals surface area contributed by atoms with E-state index in [1.54, 1.807) is 0 Å². The van der Waals surface area contributed by atoms with Gasteiger partial charge < -0.3 is 5.32 Å². The van der Waals surface area contributed by atoms with E-state index in [1.807, 2.05) is 11.8 Å². The van der Waals surface area contributed by atoms with Crippen LogP contribution in [-0.4, -0.2) is 18.6 Å². The van der Waals surface area contributed by atoms with Crippen molar-refractivity contribution in [1.29, 1.82) is 0 Å². The Bertz CT molecular complexity index is 388. The Labute approximate surface area is 126 Å². The third kappa shape index (κ3) is 6.23. The Hall–Kier alpha value is -0.130. The average Bonchev–Trinajstić information content (AvgIpc) is 2.40.